The highest BCUT2D eigenvalue weighted by Gasteiger charge is 2.44. The molecule has 2 saturated heterocycles. The SMILES string of the molecule is CC(C)CN(C[C@@H](O)[C@H](Cc1ccccc1)NC(=O)O[C@H]1CO[C@H]2OCC[C@H]21)S(=O)(=O)c1ccc(N)c(NCCc2cccnc2)c1. The summed E-state index contributed by atoms with van der Waals surface area (Å²) in [6.45, 7) is 5.02. The lowest BCUT2D eigenvalue weighted by Gasteiger charge is -2.31. The number of aliphatic hydroxyl groups excluding tert-OH is 1. The van der Waals surface area contributed by atoms with Gasteiger partial charge in [0.1, 0.15) is 6.10 Å². The number of amides is 1. The molecule has 2 fully saturated rings. The predicted molar refractivity (Wildman–Crippen MR) is 178 cm³/mol. The van der Waals surface area contributed by atoms with Crippen molar-refractivity contribution in [3.63, 3.8) is 0 Å². The van der Waals surface area contributed by atoms with E-state index in [9.17, 15) is 18.3 Å². The number of benzene rings is 2. The lowest BCUT2D eigenvalue weighted by Crippen LogP contribution is -2.51. The van der Waals surface area contributed by atoms with Gasteiger partial charge in [-0.3, -0.25) is 4.98 Å². The number of sulfonamides is 1. The minimum absolute atomic E-state index is 0.0421. The Labute approximate surface area is 276 Å². The van der Waals surface area contributed by atoms with Crippen LogP contribution in [0.2, 0.25) is 0 Å². The average Bonchev–Trinajstić information content (AvgIpc) is 3.67. The van der Waals surface area contributed by atoms with Gasteiger partial charge in [-0.15, -0.1) is 0 Å². The van der Waals surface area contributed by atoms with Crippen molar-refractivity contribution < 1.29 is 32.5 Å². The molecule has 1 aromatic heterocycles. The van der Waals surface area contributed by atoms with Crippen molar-refractivity contribution in [3.8, 4) is 0 Å². The van der Waals surface area contributed by atoms with Gasteiger partial charge in [0.25, 0.3) is 0 Å². The minimum atomic E-state index is -4.08. The van der Waals surface area contributed by atoms with Crippen LogP contribution in [0.3, 0.4) is 0 Å². The lowest BCUT2D eigenvalue weighted by atomic mass is 10.0. The van der Waals surface area contributed by atoms with E-state index >= 15 is 0 Å². The Morgan fingerprint density at radius 1 is 1.11 bits per heavy atom. The number of pyridine rings is 1. The summed E-state index contributed by atoms with van der Waals surface area (Å²) in [6, 6.07) is 16.9. The molecule has 0 spiro atoms. The fraction of sp³-hybridized carbons (Fsp3) is 0.471. The molecule has 3 heterocycles. The van der Waals surface area contributed by atoms with Crippen LogP contribution in [0.1, 0.15) is 31.4 Å². The van der Waals surface area contributed by atoms with Crippen LogP contribution in [-0.4, -0.2) is 86.3 Å². The van der Waals surface area contributed by atoms with Gasteiger partial charge in [0.2, 0.25) is 10.0 Å². The normalized spacial score (nSPS) is 20.6. The Kier molecular flexibility index (Phi) is 11.7. The molecule has 2 aliphatic heterocycles. The van der Waals surface area contributed by atoms with E-state index in [4.69, 9.17) is 19.9 Å². The van der Waals surface area contributed by atoms with Crippen LogP contribution < -0.4 is 16.4 Å². The summed E-state index contributed by atoms with van der Waals surface area (Å²) in [5.41, 5.74) is 9.02. The van der Waals surface area contributed by atoms with Gasteiger partial charge in [-0.25, -0.2) is 13.2 Å². The van der Waals surface area contributed by atoms with E-state index in [1.807, 2.05) is 56.3 Å². The number of nitrogens with zero attached hydrogens (tertiary/aromatic N) is 2. The van der Waals surface area contributed by atoms with Crippen LogP contribution in [0.25, 0.3) is 0 Å². The zero-order valence-corrected chi connectivity index (χ0v) is 27.6. The first kappa shape index (κ1) is 34.6. The number of rotatable bonds is 15. The fourth-order valence-corrected chi connectivity index (χ4v) is 7.57. The Bertz CT molecular complexity index is 1560. The molecular weight excluding hydrogens is 622 g/mol. The molecule has 12 nitrogen and oxygen atoms in total. The highest BCUT2D eigenvalue weighted by molar-refractivity contribution is 7.89. The van der Waals surface area contributed by atoms with Gasteiger partial charge in [-0.05, 0) is 60.6 Å². The van der Waals surface area contributed by atoms with Crippen LogP contribution in [0.5, 0.6) is 0 Å². The molecule has 3 aromatic rings. The number of ether oxygens (including phenoxy) is 3. The van der Waals surface area contributed by atoms with Gasteiger partial charge in [0, 0.05) is 32.0 Å². The van der Waals surface area contributed by atoms with Crippen molar-refractivity contribution in [1.82, 2.24) is 14.6 Å². The van der Waals surface area contributed by atoms with Crippen molar-refractivity contribution in [2.24, 2.45) is 11.8 Å². The average molecular weight is 668 g/mol. The second-order valence-corrected chi connectivity index (χ2v) is 14.4. The Morgan fingerprint density at radius 2 is 1.89 bits per heavy atom. The molecule has 47 heavy (non-hydrogen) atoms. The largest absolute Gasteiger partial charge is 0.443 e. The first-order valence-corrected chi connectivity index (χ1v) is 17.5. The molecule has 254 valence electrons. The maximum atomic E-state index is 14.1. The van der Waals surface area contributed by atoms with Gasteiger partial charge < -0.3 is 35.7 Å². The molecule has 5 rings (SSSR count). The third-order valence-electron chi connectivity index (χ3n) is 8.38. The zero-order chi connectivity index (χ0) is 33.4. The van der Waals surface area contributed by atoms with Gasteiger partial charge in [-0.2, -0.15) is 4.31 Å². The van der Waals surface area contributed by atoms with Crippen molar-refractivity contribution in [2.75, 3.05) is 43.9 Å². The lowest BCUT2D eigenvalue weighted by molar-refractivity contribution is -0.0907. The molecule has 0 unspecified atom stereocenters. The highest BCUT2D eigenvalue weighted by Crippen LogP contribution is 2.33. The number of aliphatic hydroxyl groups is 1. The molecule has 5 atom stereocenters. The molecule has 0 bridgehead atoms. The zero-order valence-electron chi connectivity index (χ0n) is 26.8. The maximum Gasteiger partial charge on any atom is 0.407 e. The maximum absolute atomic E-state index is 14.1. The van der Waals surface area contributed by atoms with Crippen LogP contribution in [0.15, 0.2) is 78.0 Å². The van der Waals surface area contributed by atoms with Crippen molar-refractivity contribution in [3.05, 3.63) is 84.2 Å². The van der Waals surface area contributed by atoms with Gasteiger partial charge in [0.15, 0.2) is 6.29 Å². The summed E-state index contributed by atoms with van der Waals surface area (Å²) < 4.78 is 46.3. The third kappa shape index (κ3) is 9.20. The smallest absolute Gasteiger partial charge is 0.407 e. The molecule has 1 amide bonds. The second-order valence-electron chi connectivity index (χ2n) is 12.5. The summed E-state index contributed by atoms with van der Waals surface area (Å²) in [5, 5.41) is 17.6. The molecule has 2 aromatic carbocycles. The minimum Gasteiger partial charge on any atom is -0.443 e. The van der Waals surface area contributed by atoms with Crippen LogP contribution in [-0.2, 0) is 37.1 Å². The Morgan fingerprint density at radius 3 is 2.64 bits per heavy atom. The standard InChI is InChI=1S/C34H45N5O7S/c1-23(2)20-39(47(42,43)26-10-11-28(35)29(18-26)37-15-12-25-9-6-14-36-19-25)21-31(40)30(17-24-7-4-3-5-8-24)38-34(41)46-32-22-45-33-27(32)13-16-44-33/h3-11,14,18-19,23,27,30-33,37,40H,12-13,15-17,20-22,35H2,1-2H3,(H,38,41)/t27-,30-,31+,32-,33+/m0/s1. The topological polar surface area (TPSA) is 165 Å². The second kappa shape index (κ2) is 15.9. The van der Waals surface area contributed by atoms with E-state index in [1.165, 1.54) is 16.4 Å². The number of carbonyl (C=O) groups is 1. The number of nitrogens with two attached hydrogens (primary N) is 1. The number of aromatic nitrogens is 1. The number of fused-ring (bicyclic) bond motifs is 1. The number of alkyl carbamates (subject to hydrolysis) is 1. The third-order valence-corrected chi connectivity index (χ3v) is 10.2. The summed E-state index contributed by atoms with van der Waals surface area (Å²) >= 11 is 0. The molecule has 13 heteroatoms. The van der Waals surface area contributed by atoms with E-state index in [0.717, 1.165) is 17.5 Å². The molecule has 0 saturated carbocycles. The van der Waals surface area contributed by atoms with Crippen molar-refractivity contribution in [2.45, 2.75) is 62.5 Å². The van der Waals surface area contributed by atoms with E-state index < -0.39 is 34.4 Å². The van der Waals surface area contributed by atoms with Crippen molar-refractivity contribution >= 4 is 27.5 Å². The summed E-state index contributed by atoms with van der Waals surface area (Å²) in [4.78, 5) is 17.3. The Hall–Kier alpha value is -3.75. The van der Waals surface area contributed by atoms with E-state index in [0.29, 0.717) is 30.9 Å². The molecular formula is C34H45N5O7S. The van der Waals surface area contributed by atoms with Gasteiger partial charge in [-0.1, -0.05) is 50.2 Å². The molecule has 0 aliphatic carbocycles. The predicted octanol–water partition coefficient (Wildman–Crippen LogP) is 3.42. The number of anilines is 2. The first-order chi connectivity index (χ1) is 22.6. The quantitative estimate of drug-likeness (QED) is 0.177. The van der Waals surface area contributed by atoms with Crippen LogP contribution in [0.4, 0.5) is 16.2 Å². The fourth-order valence-electron chi connectivity index (χ4n) is 5.92. The van der Waals surface area contributed by atoms with E-state index in [1.54, 1.807) is 18.5 Å². The highest BCUT2D eigenvalue weighted by atomic mass is 32.2. The summed E-state index contributed by atoms with van der Waals surface area (Å²) in [7, 11) is -4.08. The number of hydrogen-bond acceptors (Lipinski definition) is 10. The van der Waals surface area contributed by atoms with Crippen LogP contribution >= 0.6 is 0 Å². The van der Waals surface area contributed by atoms with E-state index in [-0.39, 0.29) is 49.1 Å². The van der Waals surface area contributed by atoms with E-state index in [2.05, 4.69) is 15.6 Å². The summed E-state index contributed by atoms with van der Waals surface area (Å²) in [6.07, 6.45) is 2.35. The molecule has 0 radical (unpaired) electrons. The number of carbonyl (C=O) groups excluding carboxylic acids is 1. The van der Waals surface area contributed by atoms with Crippen molar-refractivity contribution in [1.29, 1.82) is 0 Å². The van der Waals surface area contributed by atoms with Crippen LogP contribution in [0, 0.1) is 11.8 Å². The monoisotopic (exact) mass is 667 g/mol. The number of nitrogen functional groups attached to an aromatic ring is 1. The first-order valence-electron chi connectivity index (χ1n) is 16.0. The molecule has 5 N–H and O–H groups in total. The Balaban J connectivity index is 1.31. The van der Waals surface area contributed by atoms with Gasteiger partial charge >= 0.3 is 6.09 Å². The number of hydrogen-bond donors (Lipinski definition) is 4. The summed E-state index contributed by atoms with van der Waals surface area (Å²) in [5.74, 6) is -0.0863. The molecule has 2 aliphatic rings. The van der Waals surface area contributed by atoms with Gasteiger partial charge in [0.05, 0.1) is 47.5 Å². The number of nitrogens with one attached hydrogen (secondary N) is 2.